The second-order valence-corrected chi connectivity index (χ2v) is 5.89. The first-order valence-electron chi connectivity index (χ1n) is 5.60. The van der Waals surface area contributed by atoms with Gasteiger partial charge in [-0.2, -0.15) is 13.2 Å². The molecule has 0 atom stereocenters. The third kappa shape index (κ3) is 3.44. The quantitative estimate of drug-likeness (QED) is 0.903. The lowest BCUT2D eigenvalue weighted by molar-refractivity contribution is -0.137. The molecule has 0 unspecified atom stereocenters. The molecule has 0 radical (unpaired) electrons. The van der Waals surface area contributed by atoms with Gasteiger partial charge in [0.25, 0.3) is 0 Å². The molecule has 2 rings (SSSR count). The predicted molar refractivity (Wildman–Crippen MR) is 63.8 cm³/mol. The molecule has 0 bridgehead atoms. The van der Waals surface area contributed by atoms with Gasteiger partial charge in [0.05, 0.1) is 5.56 Å². The van der Waals surface area contributed by atoms with Crippen LogP contribution in [0.25, 0.3) is 0 Å². The molecule has 1 saturated heterocycles. The van der Waals surface area contributed by atoms with Gasteiger partial charge in [0.1, 0.15) is 5.82 Å². The van der Waals surface area contributed by atoms with Crippen LogP contribution in [-0.4, -0.2) is 26.7 Å². The molecule has 1 aliphatic rings. The van der Waals surface area contributed by atoms with Crippen molar-refractivity contribution < 1.29 is 17.4 Å². The Morgan fingerprint density at radius 1 is 1.33 bits per heavy atom. The Bertz CT molecular complexity index is 440. The molecule has 1 aliphatic heterocycles. The van der Waals surface area contributed by atoms with Crippen molar-refractivity contribution in [2.75, 3.05) is 16.8 Å². The molecule has 0 amide bonds. The SMILES string of the molecule is O=S1CCC(Nc2cc(C(F)(F)F)ccn2)CC1. The molecule has 100 valence electrons. The van der Waals surface area contributed by atoms with Gasteiger partial charge in [-0.05, 0) is 25.0 Å². The van der Waals surface area contributed by atoms with Crippen LogP contribution in [-0.2, 0) is 17.0 Å². The van der Waals surface area contributed by atoms with Crippen LogP contribution in [0.5, 0.6) is 0 Å². The second-order valence-electron chi connectivity index (χ2n) is 4.19. The van der Waals surface area contributed by atoms with Crippen molar-refractivity contribution in [2.24, 2.45) is 0 Å². The highest BCUT2D eigenvalue weighted by molar-refractivity contribution is 7.85. The lowest BCUT2D eigenvalue weighted by atomic mass is 10.1. The van der Waals surface area contributed by atoms with Crippen LogP contribution in [0.1, 0.15) is 18.4 Å². The first-order chi connectivity index (χ1) is 8.45. The van der Waals surface area contributed by atoms with Crippen LogP contribution < -0.4 is 5.32 Å². The molecule has 3 nitrogen and oxygen atoms in total. The normalized spacial score (nSPS) is 24.8. The van der Waals surface area contributed by atoms with E-state index in [1.165, 1.54) is 0 Å². The highest BCUT2D eigenvalue weighted by Gasteiger charge is 2.31. The van der Waals surface area contributed by atoms with Crippen LogP contribution in [0.3, 0.4) is 0 Å². The van der Waals surface area contributed by atoms with Crippen molar-refractivity contribution in [3.05, 3.63) is 23.9 Å². The van der Waals surface area contributed by atoms with E-state index in [4.69, 9.17) is 0 Å². The number of alkyl halides is 3. The molecule has 18 heavy (non-hydrogen) atoms. The standard InChI is InChI=1S/C11H13F3N2OS/c12-11(13,14)8-1-4-15-10(7-8)16-9-2-5-18(17)6-3-9/h1,4,7,9H,2-3,5-6H2,(H,15,16). The predicted octanol–water partition coefficient (Wildman–Crippen LogP) is 2.42. The maximum absolute atomic E-state index is 12.5. The maximum Gasteiger partial charge on any atom is 0.416 e. The highest BCUT2D eigenvalue weighted by atomic mass is 32.2. The summed E-state index contributed by atoms with van der Waals surface area (Å²) in [5, 5.41) is 2.97. The zero-order valence-corrected chi connectivity index (χ0v) is 10.4. The van der Waals surface area contributed by atoms with Crippen LogP contribution in [0.4, 0.5) is 19.0 Å². The summed E-state index contributed by atoms with van der Waals surface area (Å²) in [4.78, 5) is 3.88. The average molecular weight is 278 g/mol. The molecular weight excluding hydrogens is 265 g/mol. The Morgan fingerprint density at radius 3 is 2.61 bits per heavy atom. The van der Waals surface area contributed by atoms with Gasteiger partial charge in [-0.15, -0.1) is 0 Å². The molecule has 7 heteroatoms. The largest absolute Gasteiger partial charge is 0.416 e. The summed E-state index contributed by atoms with van der Waals surface area (Å²) in [6.45, 7) is 0. The van der Waals surface area contributed by atoms with Gasteiger partial charge in [0, 0.05) is 34.5 Å². The summed E-state index contributed by atoms with van der Waals surface area (Å²) in [5.74, 6) is 1.41. The molecule has 1 aromatic rings. The van der Waals surface area contributed by atoms with E-state index in [0.717, 1.165) is 18.3 Å². The third-order valence-corrected chi connectivity index (χ3v) is 4.21. The van der Waals surface area contributed by atoms with Crippen molar-refractivity contribution in [1.29, 1.82) is 0 Å². The van der Waals surface area contributed by atoms with Crippen molar-refractivity contribution in [3.63, 3.8) is 0 Å². The van der Waals surface area contributed by atoms with E-state index in [-0.39, 0.29) is 11.9 Å². The Kier molecular flexibility index (Phi) is 3.89. The molecule has 1 aromatic heterocycles. The topological polar surface area (TPSA) is 42.0 Å². The number of pyridine rings is 1. The smallest absolute Gasteiger partial charge is 0.367 e. The van der Waals surface area contributed by atoms with Gasteiger partial charge in [-0.1, -0.05) is 0 Å². The van der Waals surface area contributed by atoms with Gasteiger partial charge >= 0.3 is 6.18 Å². The number of hydrogen-bond donors (Lipinski definition) is 1. The van der Waals surface area contributed by atoms with Gasteiger partial charge in [-0.3, -0.25) is 4.21 Å². The Hall–Kier alpha value is -1.11. The van der Waals surface area contributed by atoms with E-state index in [1.807, 2.05) is 0 Å². The summed E-state index contributed by atoms with van der Waals surface area (Å²) in [6.07, 6.45) is -1.81. The zero-order valence-electron chi connectivity index (χ0n) is 9.54. The first kappa shape index (κ1) is 13.3. The molecular formula is C11H13F3N2OS. The minimum Gasteiger partial charge on any atom is -0.367 e. The fourth-order valence-corrected chi connectivity index (χ4v) is 3.13. The lowest BCUT2D eigenvalue weighted by Crippen LogP contribution is -2.29. The Labute approximate surface area is 105 Å². The van der Waals surface area contributed by atoms with Crippen molar-refractivity contribution in [2.45, 2.75) is 25.1 Å². The number of nitrogens with one attached hydrogen (secondary N) is 1. The minimum atomic E-state index is -4.35. The molecule has 1 N–H and O–H groups in total. The van der Waals surface area contributed by atoms with E-state index in [0.29, 0.717) is 24.3 Å². The zero-order chi connectivity index (χ0) is 13.2. The van der Waals surface area contributed by atoms with Gasteiger partial charge in [-0.25, -0.2) is 4.98 Å². The summed E-state index contributed by atoms with van der Waals surface area (Å²) >= 11 is 0. The number of halogens is 3. The lowest BCUT2D eigenvalue weighted by Gasteiger charge is -2.23. The highest BCUT2D eigenvalue weighted by Crippen LogP contribution is 2.30. The molecule has 1 fully saturated rings. The van der Waals surface area contributed by atoms with E-state index < -0.39 is 22.5 Å². The van der Waals surface area contributed by atoms with Crippen LogP contribution in [0.15, 0.2) is 18.3 Å². The van der Waals surface area contributed by atoms with Gasteiger partial charge in [0.15, 0.2) is 0 Å². The van der Waals surface area contributed by atoms with Crippen molar-refractivity contribution >= 4 is 16.6 Å². The summed E-state index contributed by atoms with van der Waals surface area (Å²) in [5.41, 5.74) is -0.709. The Morgan fingerprint density at radius 2 is 2.00 bits per heavy atom. The minimum absolute atomic E-state index is 0.0543. The van der Waals surface area contributed by atoms with E-state index in [1.54, 1.807) is 0 Å². The second kappa shape index (κ2) is 5.26. The molecule has 0 spiro atoms. The van der Waals surface area contributed by atoms with E-state index >= 15 is 0 Å². The first-order valence-corrected chi connectivity index (χ1v) is 7.09. The molecule has 0 saturated carbocycles. The number of nitrogens with zero attached hydrogens (tertiary/aromatic N) is 1. The molecule has 0 aliphatic carbocycles. The van der Waals surface area contributed by atoms with Gasteiger partial charge < -0.3 is 5.32 Å². The summed E-state index contributed by atoms with van der Waals surface area (Å²) in [7, 11) is -0.778. The van der Waals surface area contributed by atoms with Crippen molar-refractivity contribution in [1.82, 2.24) is 4.98 Å². The fourth-order valence-electron chi connectivity index (χ4n) is 1.83. The van der Waals surface area contributed by atoms with E-state index in [9.17, 15) is 17.4 Å². The summed E-state index contributed by atoms with van der Waals surface area (Å²) in [6, 6.07) is 2.01. The number of rotatable bonds is 2. The molecule has 2 heterocycles. The van der Waals surface area contributed by atoms with Crippen molar-refractivity contribution in [3.8, 4) is 0 Å². The van der Waals surface area contributed by atoms with Crippen LogP contribution >= 0.6 is 0 Å². The maximum atomic E-state index is 12.5. The number of aromatic nitrogens is 1. The monoisotopic (exact) mass is 278 g/mol. The average Bonchev–Trinajstić information content (AvgIpc) is 2.31. The van der Waals surface area contributed by atoms with Gasteiger partial charge in [0.2, 0.25) is 0 Å². The number of hydrogen-bond acceptors (Lipinski definition) is 3. The van der Waals surface area contributed by atoms with Crippen LogP contribution in [0.2, 0.25) is 0 Å². The van der Waals surface area contributed by atoms with Crippen LogP contribution in [0, 0.1) is 0 Å². The number of anilines is 1. The van der Waals surface area contributed by atoms with E-state index in [2.05, 4.69) is 10.3 Å². The third-order valence-electron chi connectivity index (χ3n) is 2.83. The molecule has 0 aromatic carbocycles. The summed E-state index contributed by atoms with van der Waals surface area (Å²) < 4.78 is 48.7. The fraction of sp³-hybridized carbons (Fsp3) is 0.545. The Balaban J connectivity index is 2.03.